The van der Waals surface area contributed by atoms with Crippen molar-refractivity contribution in [3.63, 3.8) is 0 Å². The van der Waals surface area contributed by atoms with Crippen molar-refractivity contribution in [3.8, 4) is 0 Å². The van der Waals surface area contributed by atoms with Crippen LogP contribution in [0, 0.1) is 16.0 Å². The number of nitrogens with zero attached hydrogens (tertiary/aromatic N) is 1. The Morgan fingerprint density at radius 3 is 2.58 bits per heavy atom. The molecule has 26 heavy (non-hydrogen) atoms. The molecule has 2 aromatic rings. The summed E-state index contributed by atoms with van der Waals surface area (Å²) >= 11 is 5.96. The Balaban J connectivity index is 2.07. The maximum atomic E-state index is 12.4. The third kappa shape index (κ3) is 4.82. The first-order valence-corrected chi connectivity index (χ1v) is 8.22. The van der Waals surface area contributed by atoms with Gasteiger partial charge in [-0.25, -0.2) is 0 Å². The Kier molecular flexibility index (Phi) is 6.35. The van der Waals surface area contributed by atoms with Crippen molar-refractivity contribution in [1.82, 2.24) is 10.6 Å². The number of hydrogen-bond acceptors (Lipinski definition) is 5. The molecule has 0 spiro atoms. The Bertz CT molecular complexity index is 805. The van der Waals surface area contributed by atoms with Crippen molar-refractivity contribution in [2.45, 2.75) is 26.4 Å². The summed E-state index contributed by atoms with van der Waals surface area (Å²) in [7, 11) is 0. The molecule has 0 fully saturated rings. The molecule has 1 unspecified atom stereocenters. The van der Waals surface area contributed by atoms with Gasteiger partial charge in [0.2, 0.25) is 5.91 Å². The number of benzene rings is 1. The molecule has 2 N–H and O–H groups in total. The van der Waals surface area contributed by atoms with Crippen LogP contribution in [0.5, 0.6) is 0 Å². The Morgan fingerprint density at radius 2 is 2.04 bits per heavy atom. The fraction of sp³-hybridized carbons (Fsp3) is 0.294. The number of hydrogen-bond donors (Lipinski definition) is 2. The minimum absolute atomic E-state index is 0.0572. The lowest BCUT2D eigenvalue weighted by Crippen LogP contribution is -2.49. The lowest BCUT2D eigenvalue weighted by molar-refractivity contribution is -0.384. The molecule has 9 heteroatoms. The molecule has 138 valence electrons. The van der Waals surface area contributed by atoms with Gasteiger partial charge < -0.3 is 15.1 Å². The second kappa shape index (κ2) is 8.48. The van der Waals surface area contributed by atoms with E-state index in [0.717, 1.165) is 6.07 Å². The smallest absolute Gasteiger partial charge is 0.270 e. The van der Waals surface area contributed by atoms with Crippen molar-refractivity contribution in [2.75, 3.05) is 0 Å². The summed E-state index contributed by atoms with van der Waals surface area (Å²) in [6, 6.07) is 6.16. The molecule has 1 aromatic carbocycles. The van der Waals surface area contributed by atoms with Crippen molar-refractivity contribution in [1.29, 1.82) is 0 Å². The Labute approximate surface area is 154 Å². The van der Waals surface area contributed by atoms with Gasteiger partial charge in [0.05, 0.1) is 28.3 Å². The molecule has 0 bridgehead atoms. The molecular formula is C17H18ClN3O5. The van der Waals surface area contributed by atoms with Gasteiger partial charge in [-0.1, -0.05) is 25.4 Å². The predicted octanol–water partition coefficient (Wildman–Crippen LogP) is 2.91. The number of rotatable bonds is 7. The summed E-state index contributed by atoms with van der Waals surface area (Å²) in [5.41, 5.74) is -0.162. The minimum Gasteiger partial charge on any atom is -0.467 e. The van der Waals surface area contributed by atoms with Crippen molar-refractivity contribution in [3.05, 3.63) is 63.1 Å². The van der Waals surface area contributed by atoms with Crippen molar-refractivity contribution >= 4 is 29.1 Å². The predicted molar refractivity (Wildman–Crippen MR) is 94.8 cm³/mol. The van der Waals surface area contributed by atoms with E-state index in [1.807, 2.05) is 0 Å². The van der Waals surface area contributed by atoms with E-state index in [9.17, 15) is 19.7 Å². The standard InChI is InChI=1S/C17H18ClN3O5/c1-10(2)15(17(23)19-9-12-4-3-7-26-12)20-16(22)13-6-5-11(21(24)25)8-14(13)18/h3-8,10,15H,9H2,1-2H3,(H,19,23)(H,20,22). The third-order valence-corrected chi connectivity index (χ3v) is 3.97. The third-order valence-electron chi connectivity index (χ3n) is 3.66. The lowest BCUT2D eigenvalue weighted by Gasteiger charge is -2.21. The van der Waals surface area contributed by atoms with Crippen molar-refractivity contribution < 1.29 is 18.9 Å². The van der Waals surface area contributed by atoms with E-state index in [-0.39, 0.29) is 34.6 Å². The van der Waals surface area contributed by atoms with E-state index < -0.39 is 16.9 Å². The number of nitrogens with one attached hydrogen (secondary N) is 2. The van der Waals surface area contributed by atoms with Crippen LogP contribution in [0.25, 0.3) is 0 Å². The first-order valence-electron chi connectivity index (χ1n) is 7.84. The van der Waals surface area contributed by atoms with Crippen LogP contribution in [-0.4, -0.2) is 22.8 Å². The van der Waals surface area contributed by atoms with Crippen LogP contribution in [0.3, 0.4) is 0 Å². The molecule has 1 atom stereocenters. The van der Waals surface area contributed by atoms with E-state index in [1.165, 1.54) is 18.4 Å². The zero-order valence-electron chi connectivity index (χ0n) is 14.2. The SMILES string of the molecule is CC(C)C(NC(=O)c1ccc([N+](=O)[O-])cc1Cl)C(=O)NCc1ccco1. The molecule has 0 radical (unpaired) electrons. The van der Waals surface area contributed by atoms with E-state index in [2.05, 4.69) is 10.6 Å². The topological polar surface area (TPSA) is 114 Å². The second-order valence-corrected chi connectivity index (χ2v) is 6.32. The number of halogens is 1. The van der Waals surface area contributed by atoms with Crippen LogP contribution in [-0.2, 0) is 11.3 Å². The number of non-ortho nitro benzene ring substituents is 1. The number of carbonyl (C=O) groups excluding carboxylic acids is 2. The summed E-state index contributed by atoms with van der Waals surface area (Å²) < 4.78 is 5.15. The first kappa shape index (κ1) is 19.5. The van der Waals surface area contributed by atoms with Gasteiger partial charge in [-0.05, 0) is 24.1 Å². The minimum atomic E-state index is -0.802. The Morgan fingerprint density at radius 1 is 1.31 bits per heavy atom. The number of furan rings is 1. The van der Waals surface area contributed by atoms with Gasteiger partial charge in [0.15, 0.2) is 0 Å². The molecular weight excluding hydrogens is 362 g/mol. The summed E-state index contributed by atoms with van der Waals surface area (Å²) in [4.78, 5) is 35.0. The summed E-state index contributed by atoms with van der Waals surface area (Å²) in [5.74, 6) is -0.558. The normalized spacial score (nSPS) is 11.8. The molecule has 2 amide bonds. The van der Waals surface area contributed by atoms with Gasteiger partial charge in [0.1, 0.15) is 11.8 Å². The van der Waals surface area contributed by atoms with Gasteiger partial charge in [-0.3, -0.25) is 19.7 Å². The van der Waals surface area contributed by atoms with Crippen LogP contribution in [0.1, 0.15) is 30.0 Å². The number of carbonyl (C=O) groups is 2. The molecule has 8 nitrogen and oxygen atoms in total. The van der Waals surface area contributed by atoms with Gasteiger partial charge in [0, 0.05) is 12.1 Å². The maximum absolute atomic E-state index is 12.4. The van der Waals surface area contributed by atoms with Crippen LogP contribution < -0.4 is 10.6 Å². The van der Waals surface area contributed by atoms with Crippen LogP contribution in [0.4, 0.5) is 5.69 Å². The quantitative estimate of drug-likeness (QED) is 0.567. The van der Waals surface area contributed by atoms with Gasteiger partial charge in [-0.15, -0.1) is 0 Å². The molecule has 2 rings (SSSR count). The molecule has 0 saturated carbocycles. The van der Waals surface area contributed by atoms with E-state index in [0.29, 0.717) is 5.76 Å². The molecule has 1 heterocycles. The van der Waals surface area contributed by atoms with Gasteiger partial charge in [0.25, 0.3) is 11.6 Å². The molecule has 0 saturated heterocycles. The molecule has 0 aliphatic heterocycles. The average Bonchev–Trinajstić information content (AvgIpc) is 3.10. The molecule has 0 aliphatic rings. The molecule has 1 aromatic heterocycles. The van der Waals surface area contributed by atoms with Gasteiger partial charge in [-0.2, -0.15) is 0 Å². The van der Waals surface area contributed by atoms with E-state index in [4.69, 9.17) is 16.0 Å². The lowest BCUT2D eigenvalue weighted by atomic mass is 10.0. The highest BCUT2D eigenvalue weighted by Crippen LogP contribution is 2.22. The monoisotopic (exact) mass is 379 g/mol. The maximum Gasteiger partial charge on any atom is 0.270 e. The molecule has 0 aliphatic carbocycles. The summed E-state index contributed by atoms with van der Waals surface area (Å²) in [5, 5.41) is 16.0. The summed E-state index contributed by atoms with van der Waals surface area (Å²) in [6.07, 6.45) is 1.50. The van der Waals surface area contributed by atoms with Crippen LogP contribution >= 0.6 is 11.6 Å². The first-order chi connectivity index (χ1) is 12.3. The number of amides is 2. The largest absolute Gasteiger partial charge is 0.467 e. The highest BCUT2D eigenvalue weighted by molar-refractivity contribution is 6.34. The second-order valence-electron chi connectivity index (χ2n) is 5.91. The fourth-order valence-corrected chi connectivity index (χ4v) is 2.51. The number of nitro groups is 1. The van der Waals surface area contributed by atoms with Crippen molar-refractivity contribution in [2.24, 2.45) is 5.92 Å². The number of nitro benzene ring substituents is 1. The highest BCUT2D eigenvalue weighted by atomic mass is 35.5. The van der Waals surface area contributed by atoms with Gasteiger partial charge >= 0.3 is 0 Å². The van der Waals surface area contributed by atoms with E-state index in [1.54, 1.807) is 26.0 Å². The van der Waals surface area contributed by atoms with Crippen LogP contribution in [0.15, 0.2) is 41.0 Å². The highest BCUT2D eigenvalue weighted by Gasteiger charge is 2.26. The zero-order chi connectivity index (χ0) is 19.3. The van der Waals surface area contributed by atoms with Crippen LogP contribution in [0.2, 0.25) is 5.02 Å². The fourth-order valence-electron chi connectivity index (χ4n) is 2.25. The Hall–Kier alpha value is -2.87. The summed E-state index contributed by atoms with van der Waals surface area (Å²) in [6.45, 7) is 3.77. The average molecular weight is 380 g/mol. The zero-order valence-corrected chi connectivity index (χ0v) is 14.9. The van der Waals surface area contributed by atoms with E-state index >= 15 is 0 Å².